The third-order valence-electron chi connectivity index (χ3n) is 4.14. The van der Waals surface area contributed by atoms with Gasteiger partial charge in [0.05, 0.1) is 11.3 Å². The Morgan fingerprint density at radius 3 is 2.92 bits per heavy atom. The van der Waals surface area contributed by atoms with Crippen LogP contribution in [-0.2, 0) is 4.79 Å². The predicted molar refractivity (Wildman–Crippen MR) is 107 cm³/mol. The maximum absolute atomic E-state index is 12.3. The number of hydrogen-bond acceptors (Lipinski definition) is 4. The van der Waals surface area contributed by atoms with Crippen molar-refractivity contribution in [3.8, 4) is 0 Å². The van der Waals surface area contributed by atoms with Gasteiger partial charge in [-0.25, -0.2) is 9.97 Å². The third kappa shape index (κ3) is 3.13. The van der Waals surface area contributed by atoms with Gasteiger partial charge in [-0.2, -0.15) is 0 Å². The van der Waals surface area contributed by atoms with Crippen LogP contribution in [0.4, 0.5) is 5.69 Å². The van der Waals surface area contributed by atoms with Gasteiger partial charge in [0.15, 0.2) is 0 Å². The summed E-state index contributed by atoms with van der Waals surface area (Å²) < 4.78 is 0. The maximum Gasteiger partial charge on any atom is 0.234 e. The van der Waals surface area contributed by atoms with Crippen LogP contribution in [0.25, 0.3) is 21.9 Å². The Morgan fingerprint density at radius 2 is 2.04 bits per heavy atom. The fraction of sp³-hybridized carbons (Fsp3) is 0.105. The maximum atomic E-state index is 12.3. The molecule has 2 aromatic heterocycles. The molecule has 2 heterocycles. The zero-order chi connectivity index (χ0) is 18.1. The van der Waals surface area contributed by atoms with Crippen molar-refractivity contribution < 1.29 is 4.79 Å². The highest BCUT2D eigenvalue weighted by Gasteiger charge is 2.13. The van der Waals surface area contributed by atoms with Crippen molar-refractivity contribution in [2.24, 2.45) is 0 Å². The first-order chi connectivity index (χ1) is 12.6. The van der Waals surface area contributed by atoms with Gasteiger partial charge in [0, 0.05) is 21.6 Å². The van der Waals surface area contributed by atoms with E-state index in [1.54, 1.807) is 6.07 Å². The fourth-order valence-corrected chi connectivity index (χ4v) is 3.72. The number of aromatic amines is 1. The molecule has 0 fully saturated rings. The molecule has 0 spiro atoms. The Hall–Kier alpha value is -2.57. The highest BCUT2D eigenvalue weighted by molar-refractivity contribution is 8.00. The van der Waals surface area contributed by atoms with Crippen LogP contribution in [0.2, 0.25) is 5.02 Å². The first-order valence-electron chi connectivity index (χ1n) is 8.02. The number of fused-ring (bicyclic) bond motifs is 3. The number of carbonyl (C=O) groups is 1. The van der Waals surface area contributed by atoms with Gasteiger partial charge >= 0.3 is 0 Å². The lowest BCUT2D eigenvalue weighted by Crippen LogP contribution is -2.15. The molecule has 0 unspecified atom stereocenters. The van der Waals surface area contributed by atoms with Gasteiger partial charge in [-0.05, 0) is 30.7 Å². The molecule has 2 aromatic carbocycles. The van der Waals surface area contributed by atoms with Crippen molar-refractivity contribution in [3.63, 3.8) is 0 Å². The standard InChI is InChI=1S/C19H15ClN4OS/c1-11-13(20)6-4-8-14(11)23-16(25)9-26-19-18-17(21-10-22-19)12-5-2-3-7-15(12)24-18/h2-8,10,24H,9H2,1H3,(H,23,25). The van der Waals surface area contributed by atoms with E-state index in [1.807, 2.05) is 43.3 Å². The topological polar surface area (TPSA) is 70.7 Å². The van der Waals surface area contributed by atoms with E-state index in [4.69, 9.17) is 11.6 Å². The lowest BCUT2D eigenvalue weighted by Gasteiger charge is -2.09. The number of nitrogens with zero attached hydrogens (tertiary/aromatic N) is 2. The number of benzene rings is 2. The van der Waals surface area contributed by atoms with Gasteiger partial charge in [0.1, 0.15) is 16.9 Å². The summed E-state index contributed by atoms with van der Waals surface area (Å²) in [5, 5.41) is 5.33. The van der Waals surface area contributed by atoms with Crippen LogP contribution in [0.3, 0.4) is 0 Å². The monoisotopic (exact) mass is 382 g/mol. The van der Waals surface area contributed by atoms with Crippen LogP contribution in [0.5, 0.6) is 0 Å². The number of hydrogen-bond donors (Lipinski definition) is 2. The molecule has 0 bridgehead atoms. The van der Waals surface area contributed by atoms with Gasteiger partial charge in [-0.3, -0.25) is 4.79 Å². The quantitative estimate of drug-likeness (QED) is 0.392. The van der Waals surface area contributed by atoms with Crippen LogP contribution >= 0.6 is 23.4 Å². The smallest absolute Gasteiger partial charge is 0.234 e. The molecule has 5 nitrogen and oxygen atoms in total. The molecular weight excluding hydrogens is 368 g/mol. The van der Waals surface area contributed by atoms with Crippen LogP contribution in [-0.4, -0.2) is 26.6 Å². The summed E-state index contributed by atoms with van der Waals surface area (Å²) in [7, 11) is 0. The highest BCUT2D eigenvalue weighted by Crippen LogP contribution is 2.30. The highest BCUT2D eigenvalue weighted by atomic mass is 35.5. The van der Waals surface area contributed by atoms with E-state index in [2.05, 4.69) is 20.3 Å². The van der Waals surface area contributed by atoms with Crippen molar-refractivity contribution in [1.82, 2.24) is 15.0 Å². The van der Waals surface area contributed by atoms with Gasteiger partial charge < -0.3 is 10.3 Å². The van der Waals surface area contributed by atoms with E-state index in [0.29, 0.717) is 5.02 Å². The van der Waals surface area contributed by atoms with Crippen LogP contribution in [0.15, 0.2) is 53.8 Å². The molecule has 0 aliphatic heterocycles. The zero-order valence-corrected chi connectivity index (χ0v) is 15.5. The van der Waals surface area contributed by atoms with E-state index in [1.165, 1.54) is 18.1 Å². The molecule has 26 heavy (non-hydrogen) atoms. The lowest BCUT2D eigenvalue weighted by atomic mass is 10.2. The Labute approximate surface area is 159 Å². The molecule has 4 aromatic rings. The van der Waals surface area contributed by atoms with Crippen molar-refractivity contribution in [2.45, 2.75) is 11.9 Å². The minimum Gasteiger partial charge on any atom is -0.351 e. The summed E-state index contributed by atoms with van der Waals surface area (Å²) in [5.74, 6) is 0.135. The number of amides is 1. The van der Waals surface area contributed by atoms with Crippen molar-refractivity contribution in [3.05, 3.63) is 59.4 Å². The van der Waals surface area contributed by atoms with E-state index in [0.717, 1.165) is 38.2 Å². The van der Waals surface area contributed by atoms with Gasteiger partial charge in [-0.15, -0.1) is 0 Å². The molecule has 4 rings (SSSR count). The van der Waals surface area contributed by atoms with E-state index >= 15 is 0 Å². The number of aromatic nitrogens is 3. The summed E-state index contributed by atoms with van der Waals surface area (Å²) in [6.45, 7) is 1.88. The molecule has 0 aliphatic carbocycles. The Balaban J connectivity index is 1.54. The number of halogens is 1. The van der Waals surface area contributed by atoms with Crippen LogP contribution < -0.4 is 5.32 Å². The summed E-state index contributed by atoms with van der Waals surface area (Å²) >= 11 is 7.47. The summed E-state index contributed by atoms with van der Waals surface area (Å²) in [6, 6.07) is 13.4. The Kier molecular flexibility index (Phi) is 4.53. The molecule has 2 N–H and O–H groups in total. The van der Waals surface area contributed by atoms with E-state index in [-0.39, 0.29) is 11.7 Å². The molecule has 1 amide bonds. The summed E-state index contributed by atoms with van der Waals surface area (Å²) in [4.78, 5) is 24.4. The molecule has 0 radical (unpaired) electrons. The first-order valence-corrected chi connectivity index (χ1v) is 9.39. The van der Waals surface area contributed by atoms with Gasteiger partial charge in [0.25, 0.3) is 0 Å². The Morgan fingerprint density at radius 1 is 1.19 bits per heavy atom. The number of para-hydroxylation sites is 1. The summed E-state index contributed by atoms with van der Waals surface area (Å²) in [5.41, 5.74) is 4.30. The SMILES string of the molecule is Cc1c(Cl)cccc1NC(=O)CSc1ncnc2c1[nH]c1ccccc12. The van der Waals surface area contributed by atoms with Gasteiger partial charge in [-0.1, -0.05) is 47.6 Å². The van der Waals surface area contributed by atoms with E-state index in [9.17, 15) is 4.79 Å². The largest absolute Gasteiger partial charge is 0.351 e. The minimum absolute atomic E-state index is 0.108. The number of rotatable bonds is 4. The average Bonchev–Trinajstić information content (AvgIpc) is 3.03. The number of H-pyrrole nitrogens is 1. The number of thioether (sulfide) groups is 1. The third-order valence-corrected chi connectivity index (χ3v) is 5.54. The van der Waals surface area contributed by atoms with Crippen LogP contribution in [0, 0.1) is 6.92 Å². The van der Waals surface area contributed by atoms with Crippen molar-refractivity contribution in [2.75, 3.05) is 11.1 Å². The second kappa shape index (κ2) is 6.97. The second-order valence-corrected chi connectivity index (χ2v) is 7.19. The molecule has 7 heteroatoms. The van der Waals surface area contributed by atoms with Crippen molar-refractivity contribution in [1.29, 1.82) is 0 Å². The molecule has 130 valence electrons. The lowest BCUT2D eigenvalue weighted by molar-refractivity contribution is -0.113. The molecule has 0 aliphatic rings. The van der Waals surface area contributed by atoms with E-state index < -0.39 is 0 Å². The second-order valence-electron chi connectivity index (χ2n) is 5.82. The minimum atomic E-state index is -0.108. The normalized spacial score (nSPS) is 11.2. The first kappa shape index (κ1) is 16.9. The Bertz CT molecular complexity index is 1130. The number of carbonyl (C=O) groups excluding carboxylic acids is 1. The molecule has 0 atom stereocenters. The fourth-order valence-electron chi connectivity index (χ4n) is 2.79. The molecule has 0 saturated heterocycles. The number of nitrogens with one attached hydrogen (secondary N) is 2. The summed E-state index contributed by atoms with van der Waals surface area (Å²) in [6.07, 6.45) is 1.53. The predicted octanol–water partition coefficient (Wildman–Crippen LogP) is 4.80. The molecule has 0 saturated carbocycles. The van der Waals surface area contributed by atoms with Crippen LogP contribution in [0.1, 0.15) is 5.56 Å². The van der Waals surface area contributed by atoms with Crippen molar-refractivity contribution >= 4 is 56.9 Å². The van der Waals surface area contributed by atoms with Gasteiger partial charge in [0.2, 0.25) is 5.91 Å². The number of anilines is 1. The zero-order valence-electron chi connectivity index (χ0n) is 13.9. The molecular formula is C19H15ClN4OS. The average molecular weight is 383 g/mol.